The maximum absolute atomic E-state index is 12.6. The lowest BCUT2D eigenvalue weighted by Crippen LogP contribution is -2.31. The van der Waals surface area contributed by atoms with Crippen molar-refractivity contribution in [3.63, 3.8) is 0 Å². The summed E-state index contributed by atoms with van der Waals surface area (Å²) in [4.78, 5) is 16.3. The lowest BCUT2D eigenvalue weighted by atomic mass is 9.79. The van der Waals surface area contributed by atoms with E-state index in [9.17, 15) is 18.0 Å². The van der Waals surface area contributed by atoms with Gasteiger partial charge in [-0.15, -0.1) is 0 Å². The molecule has 0 bridgehead atoms. The fourth-order valence-electron chi connectivity index (χ4n) is 2.87. The van der Waals surface area contributed by atoms with Gasteiger partial charge in [-0.2, -0.15) is 18.3 Å². The van der Waals surface area contributed by atoms with Gasteiger partial charge >= 0.3 is 6.18 Å². The maximum atomic E-state index is 12.6. The van der Waals surface area contributed by atoms with E-state index in [1.807, 2.05) is 6.92 Å². The summed E-state index contributed by atoms with van der Waals surface area (Å²) in [7, 11) is 0. The van der Waals surface area contributed by atoms with Crippen molar-refractivity contribution in [2.75, 3.05) is 0 Å². The molecule has 0 radical (unpaired) electrons. The van der Waals surface area contributed by atoms with Gasteiger partial charge in [0.2, 0.25) is 0 Å². The highest BCUT2D eigenvalue weighted by atomic mass is 19.4. The Morgan fingerprint density at radius 1 is 1.33 bits per heavy atom. The van der Waals surface area contributed by atoms with Gasteiger partial charge in [0.15, 0.2) is 0 Å². The molecule has 118 valence electrons. The number of nitrogens with zero attached hydrogens (tertiary/aromatic N) is 3. The van der Waals surface area contributed by atoms with Gasteiger partial charge in [-0.05, 0) is 32.1 Å². The first kappa shape index (κ1) is 16.0. The molecule has 0 unspecified atom stereocenters. The predicted molar refractivity (Wildman–Crippen MR) is 70.5 cm³/mol. The lowest BCUT2D eigenvalue weighted by molar-refractivity contribution is -0.184. The van der Waals surface area contributed by atoms with Crippen molar-refractivity contribution >= 4 is 5.78 Å². The molecular weight excluding hydrogens is 283 g/mol. The quantitative estimate of drug-likeness (QED) is 0.839. The third-order valence-corrected chi connectivity index (χ3v) is 4.11. The summed E-state index contributed by atoms with van der Waals surface area (Å²) in [5.74, 6) is -0.915. The van der Waals surface area contributed by atoms with Crippen LogP contribution < -0.4 is 0 Å². The molecule has 0 N–H and O–H groups in total. The molecule has 0 amide bonds. The van der Waals surface area contributed by atoms with Crippen LogP contribution in [0.15, 0.2) is 6.33 Å². The second kappa shape index (κ2) is 6.58. The highest BCUT2D eigenvalue weighted by Crippen LogP contribution is 2.39. The summed E-state index contributed by atoms with van der Waals surface area (Å²) in [5, 5.41) is 4.05. The minimum atomic E-state index is -4.13. The third kappa shape index (κ3) is 4.04. The van der Waals surface area contributed by atoms with E-state index in [1.165, 1.54) is 6.33 Å². The first-order valence-corrected chi connectivity index (χ1v) is 7.38. The molecule has 1 aromatic rings. The van der Waals surface area contributed by atoms with Crippen LogP contribution in [0, 0.1) is 11.8 Å². The molecule has 0 saturated heterocycles. The van der Waals surface area contributed by atoms with Crippen LogP contribution in [0.1, 0.15) is 44.9 Å². The molecule has 1 aliphatic rings. The van der Waals surface area contributed by atoms with Gasteiger partial charge < -0.3 is 0 Å². The van der Waals surface area contributed by atoms with Crippen LogP contribution >= 0.6 is 0 Å². The van der Waals surface area contributed by atoms with Gasteiger partial charge in [0.05, 0.1) is 12.3 Å². The summed E-state index contributed by atoms with van der Waals surface area (Å²) in [6.07, 6.45) is -0.893. The van der Waals surface area contributed by atoms with Crippen LogP contribution in [0.3, 0.4) is 0 Å². The Hall–Kier alpha value is -1.40. The second-order valence-corrected chi connectivity index (χ2v) is 5.63. The number of carbonyl (C=O) groups excluding carboxylic acids is 1. The van der Waals surface area contributed by atoms with E-state index in [0.717, 1.165) is 6.42 Å². The molecule has 0 spiro atoms. The molecule has 1 saturated carbocycles. The van der Waals surface area contributed by atoms with Crippen LogP contribution in [0.2, 0.25) is 0 Å². The van der Waals surface area contributed by atoms with Gasteiger partial charge in [0.25, 0.3) is 0 Å². The molecule has 4 nitrogen and oxygen atoms in total. The SMILES string of the molecule is CCCn1ncnc1CC(=O)C1CCC(C(F)(F)F)CC1. The molecule has 1 fully saturated rings. The van der Waals surface area contributed by atoms with Crippen LogP contribution in [0.5, 0.6) is 0 Å². The van der Waals surface area contributed by atoms with Crippen molar-refractivity contribution in [2.45, 2.75) is 58.2 Å². The summed E-state index contributed by atoms with van der Waals surface area (Å²) in [6.45, 7) is 2.70. The normalized spacial score (nSPS) is 23.2. The Balaban J connectivity index is 1.89. The second-order valence-electron chi connectivity index (χ2n) is 5.63. The van der Waals surface area contributed by atoms with Crippen molar-refractivity contribution in [3.8, 4) is 0 Å². The number of carbonyl (C=O) groups is 1. The Morgan fingerprint density at radius 3 is 2.57 bits per heavy atom. The first-order valence-electron chi connectivity index (χ1n) is 7.38. The van der Waals surface area contributed by atoms with E-state index in [-0.39, 0.29) is 31.0 Å². The summed E-state index contributed by atoms with van der Waals surface area (Å²) in [6, 6.07) is 0. The van der Waals surface area contributed by atoms with Crippen molar-refractivity contribution < 1.29 is 18.0 Å². The zero-order valence-corrected chi connectivity index (χ0v) is 12.1. The van der Waals surface area contributed by atoms with Gasteiger partial charge in [-0.25, -0.2) is 9.67 Å². The number of rotatable bonds is 5. The molecule has 1 aromatic heterocycles. The van der Waals surface area contributed by atoms with Crippen LogP contribution in [0.25, 0.3) is 0 Å². The topological polar surface area (TPSA) is 47.8 Å². The lowest BCUT2D eigenvalue weighted by Gasteiger charge is -2.29. The number of aryl methyl sites for hydroxylation is 1. The van der Waals surface area contributed by atoms with Crippen LogP contribution in [-0.4, -0.2) is 26.7 Å². The Bertz CT molecular complexity index is 476. The Morgan fingerprint density at radius 2 is 2.00 bits per heavy atom. The standard InChI is InChI=1S/C14H20F3N3O/c1-2-7-20-13(18-9-19-20)8-12(21)10-3-5-11(6-4-10)14(15,16)17/h9-11H,2-8H2,1H3. The predicted octanol–water partition coefficient (Wildman–Crippen LogP) is 3.17. The number of hydrogen-bond donors (Lipinski definition) is 0. The Kier molecular flexibility index (Phi) is 5.00. The van der Waals surface area contributed by atoms with E-state index in [0.29, 0.717) is 25.2 Å². The fourth-order valence-corrected chi connectivity index (χ4v) is 2.87. The van der Waals surface area contributed by atoms with E-state index in [4.69, 9.17) is 0 Å². The number of halogens is 3. The van der Waals surface area contributed by atoms with Crippen molar-refractivity contribution in [1.29, 1.82) is 0 Å². The van der Waals surface area contributed by atoms with E-state index >= 15 is 0 Å². The van der Waals surface area contributed by atoms with Crippen LogP contribution in [-0.2, 0) is 17.8 Å². The highest BCUT2D eigenvalue weighted by Gasteiger charge is 2.42. The monoisotopic (exact) mass is 303 g/mol. The summed E-state index contributed by atoms with van der Waals surface area (Å²) >= 11 is 0. The average molecular weight is 303 g/mol. The van der Waals surface area contributed by atoms with E-state index in [1.54, 1.807) is 4.68 Å². The van der Waals surface area contributed by atoms with Crippen LogP contribution in [0.4, 0.5) is 13.2 Å². The molecule has 1 aliphatic carbocycles. The molecule has 2 rings (SSSR count). The summed E-state index contributed by atoms with van der Waals surface area (Å²) in [5.41, 5.74) is 0. The van der Waals surface area contributed by atoms with E-state index < -0.39 is 12.1 Å². The van der Waals surface area contributed by atoms with Gasteiger partial charge in [0.1, 0.15) is 17.9 Å². The molecule has 21 heavy (non-hydrogen) atoms. The van der Waals surface area contributed by atoms with Gasteiger partial charge in [-0.1, -0.05) is 6.92 Å². The first-order chi connectivity index (χ1) is 9.91. The smallest absolute Gasteiger partial charge is 0.299 e. The number of hydrogen-bond acceptors (Lipinski definition) is 3. The van der Waals surface area contributed by atoms with E-state index in [2.05, 4.69) is 10.1 Å². The maximum Gasteiger partial charge on any atom is 0.391 e. The minimum Gasteiger partial charge on any atom is -0.299 e. The zero-order chi connectivity index (χ0) is 15.5. The molecule has 0 aromatic carbocycles. The average Bonchev–Trinajstić information content (AvgIpc) is 2.86. The Labute approximate surface area is 121 Å². The highest BCUT2D eigenvalue weighted by molar-refractivity contribution is 5.82. The summed E-state index contributed by atoms with van der Waals surface area (Å²) < 4.78 is 39.5. The molecule has 0 aliphatic heterocycles. The number of aromatic nitrogens is 3. The van der Waals surface area contributed by atoms with Crippen molar-refractivity contribution in [3.05, 3.63) is 12.2 Å². The molecule has 7 heteroatoms. The van der Waals surface area contributed by atoms with Crippen molar-refractivity contribution in [2.24, 2.45) is 11.8 Å². The number of alkyl halides is 3. The largest absolute Gasteiger partial charge is 0.391 e. The van der Waals surface area contributed by atoms with Gasteiger partial charge in [-0.3, -0.25) is 4.79 Å². The fraction of sp³-hybridized carbons (Fsp3) is 0.786. The van der Waals surface area contributed by atoms with Gasteiger partial charge in [0, 0.05) is 12.5 Å². The molecular formula is C14H20F3N3O. The number of ketones is 1. The zero-order valence-electron chi connectivity index (χ0n) is 12.1. The number of Topliss-reactive ketones (excluding diaryl/α,β-unsaturated/α-hetero) is 1. The third-order valence-electron chi connectivity index (χ3n) is 4.11. The van der Waals surface area contributed by atoms with Crippen molar-refractivity contribution in [1.82, 2.24) is 14.8 Å². The minimum absolute atomic E-state index is 0.0130. The molecule has 0 atom stereocenters. The molecule has 1 heterocycles.